The van der Waals surface area contributed by atoms with E-state index < -0.39 is 73.4 Å². The number of hydrogen-bond donors (Lipinski definition) is 2. The Hall–Kier alpha value is -4.54. The Morgan fingerprint density at radius 1 is 0.545 bits per heavy atom. The fourth-order valence-electron chi connectivity index (χ4n) is 6.54. The zero-order valence-electron chi connectivity index (χ0n) is 30.5. The Morgan fingerprint density at radius 3 is 1.49 bits per heavy atom. The summed E-state index contributed by atoms with van der Waals surface area (Å²) in [6.45, 7) is 0.266. The lowest BCUT2D eigenvalue weighted by Gasteiger charge is -2.48. The molecule has 2 fully saturated rings. The minimum atomic E-state index is -1.64. The summed E-state index contributed by atoms with van der Waals surface area (Å²) in [6, 6.07) is 35.5. The van der Waals surface area contributed by atoms with Crippen LogP contribution in [0.3, 0.4) is 0 Å². The van der Waals surface area contributed by atoms with Gasteiger partial charge < -0.3 is 52.8 Å². The molecule has 0 unspecified atom stereocenters. The third-order valence-electron chi connectivity index (χ3n) is 9.36. The first-order valence-electron chi connectivity index (χ1n) is 18.0. The lowest BCUT2D eigenvalue weighted by Crippen LogP contribution is -2.66. The van der Waals surface area contributed by atoms with E-state index >= 15 is 0 Å². The van der Waals surface area contributed by atoms with E-state index in [4.69, 9.17) is 42.6 Å². The van der Waals surface area contributed by atoms with Crippen LogP contribution in [0, 0.1) is 0 Å². The zero-order valence-corrected chi connectivity index (χ0v) is 30.5. The second kappa shape index (κ2) is 19.9. The van der Waals surface area contributed by atoms with Crippen LogP contribution in [0.1, 0.15) is 31.8 Å². The van der Waals surface area contributed by atoms with Gasteiger partial charge in [-0.05, 0) is 35.4 Å². The highest BCUT2D eigenvalue weighted by Crippen LogP contribution is 2.34. The molecule has 2 saturated heterocycles. The van der Waals surface area contributed by atoms with Crippen LogP contribution in [0.25, 0.3) is 0 Å². The average Bonchev–Trinajstić information content (AvgIpc) is 3.22. The minimum absolute atomic E-state index is 0.0797. The number of esters is 2. The molecule has 55 heavy (non-hydrogen) atoms. The molecule has 4 aromatic rings. The largest absolute Gasteiger partial charge is 0.450 e. The zero-order chi connectivity index (χ0) is 38.6. The standard InChI is InChI=1S/C42H46O13/c1-47-35-33(43)31(25-49-23-27-15-7-3-8-16-27)52-42(38(35)54-40(45)30-21-13-6-14-22-30)55-34-32(26-50-24-28-17-9-4-10-18-28)51-41(46)37(36(34)48-2)53-39(44)29-19-11-5-12-20-29/h3-22,31-38,41-43,46H,23-26H2,1-2H3/t31-,32-,33-,34-,35+,36+,37+,38+,41+,42-/m1/s1. The van der Waals surface area contributed by atoms with Crippen LogP contribution in [-0.2, 0) is 55.8 Å². The number of rotatable bonds is 16. The van der Waals surface area contributed by atoms with E-state index in [9.17, 15) is 19.8 Å². The van der Waals surface area contributed by atoms with Crippen molar-refractivity contribution in [3.63, 3.8) is 0 Å². The first-order valence-corrected chi connectivity index (χ1v) is 18.0. The van der Waals surface area contributed by atoms with Gasteiger partial charge in [0.2, 0.25) is 0 Å². The molecule has 4 aromatic carbocycles. The minimum Gasteiger partial charge on any atom is -0.450 e. The van der Waals surface area contributed by atoms with Crippen molar-refractivity contribution < 1.29 is 62.4 Å². The van der Waals surface area contributed by atoms with Crippen LogP contribution in [-0.4, -0.2) is 111 Å². The first kappa shape index (κ1) is 40.1. The summed E-state index contributed by atoms with van der Waals surface area (Å²) in [7, 11) is 2.75. The molecule has 2 aliphatic heterocycles. The van der Waals surface area contributed by atoms with Crippen molar-refractivity contribution >= 4 is 11.9 Å². The number of ether oxygens (including phenoxy) is 9. The van der Waals surface area contributed by atoms with Gasteiger partial charge in [0.1, 0.15) is 36.6 Å². The van der Waals surface area contributed by atoms with Gasteiger partial charge in [-0.1, -0.05) is 97.1 Å². The average molecular weight is 759 g/mol. The van der Waals surface area contributed by atoms with Gasteiger partial charge in [-0.3, -0.25) is 0 Å². The Kier molecular flexibility index (Phi) is 14.5. The Labute approximate surface area is 319 Å². The van der Waals surface area contributed by atoms with E-state index in [0.29, 0.717) is 0 Å². The summed E-state index contributed by atoms with van der Waals surface area (Å²) in [4.78, 5) is 26.7. The van der Waals surface area contributed by atoms with Crippen LogP contribution in [0.5, 0.6) is 0 Å². The summed E-state index contributed by atoms with van der Waals surface area (Å²) in [5, 5.41) is 22.8. The highest BCUT2D eigenvalue weighted by molar-refractivity contribution is 5.90. The Balaban J connectivity index is 1.29. The van der Waals surface area contributed by atoms with Crippen molar-refractivity contribution in [1.82, 2.24) is 0 Å². The molecule has 0 amide bonds. The summed E-state index contributed by atoms with van der Waals surface area (Å²) in [6.07, 6.45) is -12.6. The van der Waals surface area contributed by atoms with Crippen molar-refractivity contribution in [3.8, 4) is 0 Å². The molecule has 292 valence electrons. The quantitative estimate of drug-likeness (QED) is 0.158. The van der Waals surface area contributed by atoms with Crippen molar-refractivity contribution in [1.29, 1.82) is 0 Å². The van der Waals surface area contributed by atoms with Gasteiger partial charge >= 0.3 is 11.9 Å². The molecule has 2 aliphatic rings. The molecule has 0 radical (unpaired) electrons. The molecular weight excluding hydrogens is 712 g/mol. The van der Waals surface area contributed by atoms with Crippen molar-refractivity contribution in [2.24, 2.45) is 0 Å². The van der Waals surface area contributed by atoms with E-state index in [1.54, 1.807) is 60.7 Å². The Morgan fingerprint density at radius 2 is 1.00 bits per heavy atom. The van der Waals surface area contributed by atoms with Gasteiger partial charge in [0, 0.05) is 14.2 Å². The van der Waals surface area contributed by atoms with Gasteiger partial charge in [-0.15, -0.1) is 0 Å². The molecule has 0 aromatic heterocycles. The molecular formula is C42H46O13. The molecule has 6 rings (SSSR count). The molecule has 0 saturated carbocycles. The number of methoxy groups -OCH3 is 2. The first-order chi connectivity index (χ1) is 26.9. The smallest absolute Gasteiger partial charge is 0.338 e. The second-order valence-corrected chi connectivity index (χ2v) is 13.1. The van der Waals surface area contributed by atoms with E-state index in [-0.39, 0.29) is 37.6 Å². The summed E-state index contributed by atoms with van der Waals surface area (Å²) in [5.41, 5.74) is 2.30. The SMILES string of the molecule is CO[C@@H]1[C@H](OC(=O)c2ccccc2)[C@@H](O)O[C@H](COCc2ccccc2)[C@H]1O[C@H]1O[C@H](COCc2ccccc2)[C@@H](O)[C@H](OC)[C@@H]1OC(=O)c1ccccc1. The molecule has 2 N–H and O–H groups in total. The van der Waals surface area contributed by atoms with Gasteiger partial charge in [0.25, 0.3) is 0 Å². The fourth-order valence-corrected chi connectivity index (χ4v) is 6.54. The summed E-state index contributed by atoms with van der Waals surface area (Å²) < 4.78 is 54.5. The second-order valence-electron chi connectivity index (χ2n) is 13.1. The van der Waals surface area contributed by atoms with Gasteiger partial charge in [-0.25, -0.2) is 9.59 Å². The number of benzene rings is 4. The fraction of sp³-hybridized carbons (Fsp3) is 0.381. The molecule has 13 nitrogen and oxygen atoms in total. The maximum atomic E-state index is 13.5. The van der Waals surface area contributed by atoms with Crippen molar-refractivity contribution in [2.45, 2.75) is 74.6 Å². The number of aliphatic hydroxyl groups is 2. The monoisotopic (exact) mass is 758 g/mol. The third kappa shape index (κ3) is 10.4. The number of carbonyl (C=O) groups is 2. The normalized spacial score (nSPS) is 27.9. The summed E-state index contributed by atoms with van der Waals surface area (Å²) >= 11 is 0. The topological polar surface area (TPSA) is 158 Å². The molecule has 0 aliphatic carbocycles. The van der Waals surface area contributed by atoms with Crippen molar-refractivity contribution in [3.05, 3.63) is 144 Å². The van der Waals surface area contributed by atoms with Gasteiger partial charge in [0.05, 0.1) is 37.6 Å². The maximum Gasteiger partial charge on any atom is 0.338 e. The van der Waals surface area contributed by atoms with Gasteiger partial charge in [0.15, 0.2) is 24.8 Å². The lowest BCUT2D eigenvalue weighted by molar-refractivity contribution is -0.358. The van der Waals surface area contributed by atoms with Crippen molar-refractivity contribution in [2.75, 3.05) is 27.4 Å². The van der Waals surface area contributed by atoms with Crippen LogP contribution < -0.4 is 0 Å². The number of aliphatic hydroxyl groups excluding tert-OH is 2. The lowest BCUT2D eigenvalue weighted by atomic mass is 9.96. The van der Waals surface area contributed by atoms with Crippen LogP contribution in [0.2, 0.25) is 0 Å². The molecule has 2 heterocycles. The van der Waals surface area contributed by atoms with E-state index in [1.807, 2.05) is 60.7 Å². The van der Waals surface area contributed by atoms with E-state index in [1.165, 1.54) is 14.2 Å². The summed E-state index contributed by atoms with van der Waals surface area (Å²) in [5.74, 6) is -1.44. The third-order valence-corrected chi connectivity index (χ3v) is 9.36. The maximum absolute atomic E-state index is 13.5. The number of carbonyl (C=O) groups excluding carboxylic acids is 2. The van der Waals surface area contributed by atoms with Gasteiger partial charge in [-0.2, -0.15) is 0 Å². The number of hydrogen-bond acceptors (Lipinski definition) is 13. The molecule has 10 atom stereocenters. The predicted octanol–water partition coefficient (Wildman–Crippen LogP) is 4.09. The predicted molar refractivity (Wildman–Crippen MR) is 196 cm³/mol. The highest BCUT2D eigenvalue weighted by Gasteiger charge is 2.54. The molecule has 13 heteroatoms. The van der Waals surface area contributed by atoms with E-state index in [2.05, 4.69) is 0 Å². The van der Waals surface area contributed by atoms with Crippen LogP contribution in [0.15, 0.2) is 121 Å². The highest BCUT2D eigenvalue weighted by atomic mass is 16.8. The Bertz CT molecular complexity index is 1750. The van der Waals surface area contributed by atoms with E-state index in [0.717, 1.165) is 11.1 Å². The molecule has 0 bridgehead atoms. The van der Waals surface area contributed by atoms with Crippen LogP contribution in [0.4, 0.5) is 0 Å². The molecule has 0 spiro atoms. The van der Waals surface area contributed by atoms with Crippen LogP contribution >= 0.6 is 0 Å².